The largest absolute Gasteiger partial charge is 0.497 e. The molecular formula is C22H24ClN5O3S. The van der Waals surface area contributed by atoms with E-state index >= 15 is 0 Å². The Labute approximate surface area is 195 Å². The van der Waals surface area contributed by atoms with Crippen LogP contribution in [-0.4, -0.2) is 35.3 Å². The van der Waals surface area contributed by atoms with Crippen LogP contribution in [-0.2, 0) is 4.79 Å². The van der Waals surface area contributed by atoms with Crippen LogP contribution in [0, 0.1) is 5.92 Å². The lowest BCUT2D eigenvalue weighted by Gasteiger charge is -2.23. The van der Waals surface area contributed by atoms with E-state index < -0.39 is 12.1 Å². The number of nitrogens with one attached hydrogen (secondary N) is 3. The van der Waals surface area contributed by atoms with E-state index in [4.69, 9.17) is 16.3 Å². The lowest BCUT2D eigenvalue weighted by atomic mass is 9.98. The minimum atomic E-state index is -0.760. The number of carbonyl (C=O) groups excluding carboxylic acids is 2. The van der Waals surface area contributed by atoms with Gasteiger partial charge in [-0.2, -0.15) is 0 Å². The predicted octanol–water partition coefficient (Wildman–Crippen LogP) is 5.04. The van der Waals surface area contributed by atoms with Gasteiger partial charge in [0.2, 0.25) is 11.0 Å². The molecule has 1 aromatic heterocycles. The molecular weight excluding hydrogens is 450 g/mol. The van der Waals surface area contributed by atoms with E-state index in [9.17, 15) is 9.59 Å². The fourth-order valence-corrected chi connectivity index (χ4v) is 3.84. The molecule has 3 N–H and O–H groups in total. The summed E-state index contributed by atoms with van der Waals surface area (Å²) in [6.07, 6.45) is 0.696. The first-order chi connectivity index (χ1) is 15.4. The fourth-order valence-electron chi connectivity index (χ4n) is 2.91. The van der Waals surface area contributed by atoms with Crippen LogP contribution in [0.2, 0.25) is 5.02 Å². The molecule has 0 saturated heterocycles. The molecule has 0 bridgehead atoms. The van der Waals surface area contributed by atoms with Crippen molar-refractivity contribution in [1.82, 2.24) is 15.5 Å². The Kier molecular flexibility index (Phi) is 8.02. The molecule has 2 atom stereocenters. The first-order valence-electron chi connectivity index (χ1n) is 10.0. The van der Waals surface area contributed by atoms with Gasteiger partial charge in [0.15, 0.2) is 0 Å². The van der Waals surface area contributed by atoms with Crippen molar-refractivity contribution in [2.24, 2.45) is 5.92 Å². The lowest BCUT2D eigenvalue weighted by Crippen LogP contribution is -2.49. The molecule has 0 spiro atoms. The van der Waals surface area contributed by atoms with Crippen molar-refractivity contribution in [3.8, 4) is 16.3 Å². The van der Waals surface area contributed by atoms with Crippen molar-refractivity contribution in [3.05, 3.63) is 53.6 Å². The summed E-state index contributed by atoms with van der Waals surface area (Å²) in [6, 6.07) is 13.0. The number of methoxy groups -OCH3 is 1. The Morgan fingerprint density at radius 2 is 1.91 bits per heavy atom. The number of hydrogen-bond acceptors (Lipinski definition) is 6. The fraction of sp³-hybridized carbons (Fsp3) is 0.273. The number of carbonyl (C=O) groups is 2. The Balaban J connectivity index is 1.67. The Morgan fingerprint density at radius 1 is 1.12 bits per heavy atom. The molecule has 0 aliphatic carbocycles. The molecule has 3 amide bonds. The van der Waals surface area contributed by atoms with Gasteiger partial charge in [0, 0.05) is 22.3 Å². The third kappa shape index (κ3) is 6.18. The third-order valence-electron chi connectivity index (χ3n) is 4.84. The van der Waals surface area contributed by atoms with Gasteiger partial charge in [-0.1, -0.05) is 61.4 Å². The van der Waals surface area contributed by atoms with Gasteiger partial charge < -0.3 is 15.4 Å². The summed E-state index contributed by atoms with van der Waals surface area (Å²) in [7, 11) is 1.55. The quantitative estimate of drug-likeness (QED) is 0.425. The van der Waals surface area contributed by atoms with Gasteiger partial charge in [-0.05, 0) is 30.2 Å². The SMILES string of the molecule is CC[C@H](C)[C@@H](NC(=O)Nc1cccc(OC)c1)C(=O)Nc1nnc(-c2cccc(Cl)c2)s1. The van der Waals surface area contributed by atoms with Crippen LogP contribution in [0.5, 0.6) is 5.75 Å². The van der Waals surface area contributed by atoms with Gasteiger partial charge in [0.25, 0.3) is 0 Å². The van der Waals surface area contributed by atoms with E-state index in [1.54, 1.807) is 43.5 Å². The Bertz CT molecular complexity index is 1090. The van der Waals surface area contributed by atoms with Crippen molar-refractivity contribution in [2.75, 3.05) is 17.7 Å². The molecule has 10 heteroatoms. The van der Waals surface area contributed by atoms with E-state index in [1.807, 2.05) is 26.0 Å². The summed E-state index contributed by atoms with van der Waals surface area (Å²) < 4.78 is 5.16. The van der Waals surface area contributed by atoms with Crippen molar-refractivity contribution in [1.29, 1.82) is 0 Å². The molecule has 0 unspecified atom stereocenters. The average molecular weight is 474 g/mol. The molecule has 3 aromatic rings. The van der Waals surface area contributed by atoms with Crippen LogP contribution in [0.1, 0.15) is 20.3 Å². The maximum atomic E-state index is 12.9. The van der Waals surface area contributed by atoms with E-state index in [0.717, 1.165) is 5.56 Å². The second-order valence-corrected chi connectivity index (χ2v) is 8.52. The maximum absolute atomic E-state index is 12.9. The average Bonchev–Trinajstić information content (AvgIpc) is 3.25. The van der Waals surface area contributed by atoms with Gasteiger partial charge in [0.1, 0.15) is 16.8 Å². The standard InChI is InChI=1S/C22H24ClN5O3S/c1-4-13(2)18(25-21(30)24-16-9-6-10-17(12-16)31-3)19(29)26-22-28-27-20(32-22)14-7-5-8-15(23)11-14/h5-13,18H,4H2,1-3H3,(H2,24,25,30)(H,26,28,29)/t13-,18+/m0/s1. The third-order valence-corrected chi connectivity index (χ3v) is 5.96. The van der Waals surface area contributed by atoms with Crippen molar-refractivity contribution < 1.29 is 14.3 Å². The van der Waals surface area contributed by atoms with Crippen LogP contribution in [0.3, 0.4) is 0 Å². The molecule has 0 fully saturated rings. The first-order valence-corrected chi connectivity index (χ1v) is 11.2. The molecule has 3 rings (SSSR count). The van der Waals surface area contributed by atoms with E-state index in [2.05, 4.69) is 26.1 Å². The van der Waals surface area contributed by atoms with Crippen LogP contribution in [0.15, 0.2) is 48.5 Å². The molecule has 0 aliphatic rings. The van der Waals surface area contributed by atoms with Crippen LogP contribution < -0.4 is 20.7 Å². The summed E-state index contributed by atoms with van der Waals surface area (Å²) in [5.74, 6) is 0.145. The van der Waals surface area contributed by atoms with Gasteiger partial charge in [-0.25, -0.2) is 4.79 Å². The van der Waals surface area contributed by atoms with Gasteiger partial charge in [-0.3, -0.25) is 10.1 Å². The zero-order valence-corrected chi connectivity index (χ0v) is 19.5. The van der Waals surface area contributed by atoms with Crippen LogP contribution in [0.25, 0.3) is 10.6 Å². The highest BCUT2D eigenvalue weighted by atomic mass is 35.5. The highest BCUT2D eigenvalue weighted by Gasteiger charge is 2.27. The highest BCUT2D eigenvalue weighted by Crippen LogP contribution is 2.28. The summed E-state index contributed by atoms with van der Waals surface area (Å²) in [6.45, 7) is 3.85. The normalized spacial score (nSPS) is 12.5. The molecule has 0 aliphatic heterocycles. The molecule has 2 aromatic carbocycles. The van der Waals surface area contributed by atoms with Crippen molar-refractivity contribution in [2.45, 2.75) is 26.3 Å². The second-order valence-electron chi connectivity index (χ2n) is 7.11. The summed E-state index contributed by atoms with van der Waals surface area (Å²) in [5, 5.41) is 18.0. The number of ether oxygens (including phenoxy) is 1. The topological polar surface area (TPSA) is 105 Å². The van der Waals surface area contributed by atoms with Crippen LogP contribution >= 0.6 is 22.9 Å². The zero-order valence-electron chi connectivity index (χ0n) is 17.9. The smallest absolute Gasteiger partial charge is 0.319 e. The second kappa shape index (κ2) is 10.9. The van der Waals surface area contributed by atoms with E-state index in [1.165, 1.54) is 11.3 Å². The number of benzene rings is 2. The lowest BCUT2D eigenvalue weighted by molar-refractivity contribution is -0.119. The monoisotopic (exact) mass is 473 g/mol. The molecule has 32 heavy (non-hydrogen) atoms. The number of aromatic nitrogens is 2. The Morgan fingerprint density at radius 3 is 2.62 bits per heavy atom. The Hall–Kier alpha value is -3.17. The minimum Gasteiger partial charge on any atom is -0.497 e. The number of nitrogens with zero attached hydrogens (tertiary/aromatic N) is 2. The molecule has 0 radical (unpaired) electrons. The maximum Gasteiger partial charge on any atom is 0.319 e. The molecule has 8 nitrogen and oxygen atoms in total. The summed E-state index contributed by atoms with van der Waals surface area (Å²) >= 11 is 7.27. The first kappa shape index (κ1) is 23.5. The number of halogens is 1. The van der Waals surface area contributed by atoms with Crippen molar-refractivity contribution in [3.63, 3.8) is 0 Å². The van der Waals surface area contributed by atoms with E-state index in [-0.39, 0.29) is 11.8 Å². The predicted molar refractivity (Wildman–Crippen MR) is 127 cm³/mol. The summed E-state index contributed by atoms with van der Waals surface area (Å²) in [5.41, 5.74) is 1.37. The van der Waals surface area contributed by atoms with Gasteiger partial charge >= 0.3 is 6.03 Å². The summed E-state index contributed by atoms with van der Waals surface area (Å²) in [4.78, 5) is 25.5. The zero-order chi connectivity index (χ0) is 23.1. The number of rotatable bonds is 8. The minimum absolute atomic E-state index is 0.105. The van der Waals surface area contributed by atoms with Crippen LogP contribution in [0.4, 0.5) is 15.6 Å². The number of urea groups is 1. The highest BCUT2D eigenvalue weighted by molar-refractivity contribution is 7.18. The van der Waals surface area contributed by atoms with Crippen molar-refractivity contribution >= 4 is 45.7 Å². The molecule has 168 valence electrons. The molecule has 1 heterocycles. The van der Waals surface area contributed by atoms with E-state index in [0.29, 0.717) is 33.0 Å². The number of amides is 3. The molecule has 0 saturated carbocycles. The van der Waals surface area contributed by atoms with Gasteiger partial charge in [0.05, 0.1) is 7.11 Å². The number of anilines is 2. The number of hydrogen-bond donors (Lipinski definition) is 3. The van der Waals surface area contributed by atoms with Gasteiger partial charge in [-0.15, -0.1) is 10.2 Å².